The van der Waals surface area contributed by atoms with Gasteiger partial charge in [0, 0.05) is 18.9 Å². The van der Waals surface area contributed by atoms with E-state index in [0.29, 0.717) is 6.54 Å². The molecule has 0 saturated heterocycles. The summed E-state index contributed by atoms with van der Waals surface area (Å²) in [6.07, 6.45) is 3.20. The van der Waals surface area contributed by atoms with E-state index < -0.39 is 0 Å². The van der Waals surface area contributed by atoms with Gasteiger partial charge in [-0.2, -0.15) is 5.10 Å². The van der Waals surface area contributed by atoms with Gasteiger partial charge in [-0.25, -0.2) is 4.98 Å². The van der Waals surface area contributed by atoms with Crippen LogP contribution >= 0.6 is 0 Å². The fourth-order valence-corrected chi connectivity index (χ4v) is 2.77. The largest absolute Gasteiger partial charge is 0.356 e. The van der Waals surface area contributed by atoms with E-state index in [1.165, 1.54) is 6.33 Å². The van der Waals surface area contributed by atoms with E-state index in [1.807, 2.05) is 0 Å². The van der Waals surface area contributed by atoms with Crippen LogP contribution in [0.5, 0.6) is 0 Å². The molecule has 0 atom stereocenters. The Morgan fingerprint density at radius 2 is 2.06 bits per heavy atom. The van der Waals surface area contributed by atoms with Crippen molar-refractivity contribution in [2.75, 3.05) is 6.54 Å². The van der Waals surface area contributed by atoms with E-state index in [2.05, 4.69) is 48.2 Å². The van der Waals surface area contributed by atoms with Gasteiger partial charge in [0.2, 0.25) is 5.91 Å². The Balaban J connectivity index is 1.71. The molecule has 5 nitrogen and oxygen atoms in total. The number of aromatic nitrogens is 3. The minimum Gasteiger partial charge on any atom is -0.356 e. The van der Waals surface area contributed by atoms with Gasteiger partial charge in [-0.05, 0) is 17.3 Å². The molecule has 1 fully saturated rings. The van der Waals surface area contributed by atoms with E-state index in [4.69, 9.17) is 0 Å². The molecule has 0 bridgehead atoms. The van der Waals surface area contributed by atoms with Crippen molar-refractivity contribution in [1.29, 1.82) is 0 Å². The zero-order valence-electron chi connectivity index (χ0n) is 11.6. The van der Waals surface area contributed by atoms with E-state index in [-0.39, 0.29) is 22.7 Å². The van der Waals surface area contributed by atoms with Crippen molar-refractivity contribution in [3.63, 3.8) is 0 Å². The lowest BCUT2D eigenvalue weighted by Crippen LogP contribution is -2.28. The third-order valence-electron chi connectivity index (χ3n) is 4.64. The predicted molar refractivity (Wildman–Crippen MR) is 68.8 cm³/mol. The normalized spacial score (nSPS) is 20.7. The average Bonchev–Trinajstić information content (AvgIpc) is 2.69. The maximum atomic E-state index is 12.1. The van der Waals surface area contributed by atoms with Crippen molar-refractivity contribution in [2.45, 2.75) is 40.5 Å². The Morgan fingerprint density at radius 3 is 2.56 bits per heavy atom. The van der Waals surface area contributed by atoms with Crippen molar-refractivity contribution in [3.05, 3.63) is 12.2 Å². The summed E-state index contributed by atoms with van der Waals surface area (Å²) in [6.45, 7) is 9.33. The van der Waals surface area contributed by atoms with E-state index in [0.717, 1.165) is 18.7 Å². The summed E-state index contributed by atoms with van der Waals surface area (Å²) in [7, 11) is 0. The molecular formula is C13H22N4O. The summed E-state index contributed by atoms with van der Waals surface area (Å²) in [5, 5.41) is 9.62. The fourth-order valence-electron chi connectivity index (χ4n) is 2.77. The van der Waals surface area contributed by atoms with Gasteiger partial charge in [0.25, 0.3) is 0 Å². The maximum absolute atomic E-state index is 12.1. The first-order valence-electron chi connectivity index (χ1n) is 6.49. The molecule has 0 spiro atoms. The molecule has 1 amide bonds. The molecule has 2 rings (SSSR count). The van der Waals surface area contributed by atoms with Crippen LogP contribution in [0.25, 0.3) is 0 Å². The monoisotopic (exact) mass is 250 g/mol. The second kappa shape index (κ2) is 4.37. The first-order valence-corrected chi connectivity index (χ1v) is 6.49. The number of amides is 1. The number of nitrogens with one attached hydrogen (secondary N) is 2. The number of H-pyrrole nitrogens is 1. The van der Waals surface area contributed by atoms with Crippen molar-refractivity contribution < 1.29 is 4.79 Å². The molecule has 1 aliphatic carbocycles. The number of rotatable bonds is 5. The van der Waals surface area contributed by atoms with Gasteiger partial charge in [-0.3, -0.25) is 9.89 Å². The highest BCUT2D eigenvalue weighted by atomic mass is 16.2. The molecule has 1 aromatic rings. The van der Waals surface area contributed by atoms with E-state index >= 15 is 0 Å². The van der Waals surface area contributed by atoms with Crippen LogP contribution in [0.15, 0.2) is 6.33 Å². The molecule has 2 N–H and O–H groups in total. The van der Waals surface area contributed by atoms with Gasteiger partial charge < -0.3 is 5.32 Å². The van der Waals surface area contributed by atoms with Crippen molar-refractivity contribution >= 4 is 5.91 Å². The number of aryl methyl sites for hydroxylation is 1. The van der Waals surface area contributed by atoms with Crippen LogP contribution in [0, 0.1) is 16.7 Å². The second-order valence-corrected chi connectivity index (χ2v) is 6.20. The van der Waals surface area contributed by atoms with Crippen LogP contribution in [-0.4, -0.2) is 27.6 Å². The first-order chi connectivity index (χ1) is 8.37. The van der Waals surface area contributed by atoms with E-state index in [9.17, 15) is 4.79 Å². The lowest BCUT2D eigenvalue weighted by molar-refractivity contribution is -0.123. The molecule has 5 heteroatoms. The zero-order valence-corrected chi connectivity index (χ0v) is 11.6. The van der Waals surface area contributed by atoms with E-state index in [1.54, 1.807) is 0 Å². The lowest BCUT2D eigenvalue weighted by atomic mass is 10.0. The predicted octanol–water partition coefficient (Wildman–Crippen LogP) is 1.54. The average molecular weight is 250 g/mol. The van der Waals surface area contributed by atoms with Gasteiger partial charge in [-0.1, -0.05) is 27.7 Å². The Labute approximate surface area is 108 Å². The van der Waals surface area contributed by atoms with Gasteiger partial charge in [-0.15, -0.1) is 0 Å². The topological polar surface area (TPSA) is 70.7 Å². The van der Waals surface area contributed by atoms with Crippen LogP contribution in [0.3, 0.4) is 0 Å². The van der Waals surface area contributed by atoms with Crippen LogP contribution in [0.1, 0.15) is 39.9 Å². The van der Waals surface area contributed by atoms with Crippen LogP contribution < -0.4 is 5.32 Å². The highest BCUT2D eigenvalue weighted by molar-refractivity contribution is 5.84. The summed E-state index contributed by atoms with van der Waals surface area (Å²) >= 11 is 0. The number of carbonyl (C=O) groups excluding carboxylic acids is 1. The number of carbonyl (C=O) groups is 1. The smallest absolute Gasteiger partial charge is 0.224 e. The summed E-state index contributed by atoms with van der Waals surface area (Å²) in [5.74, 6) is 1.19. The third-order valence-corrected chi connectivity index (χ3v) is 4.64. The third kappa shape index (κ3) is 2.13. The van der Waals surface area contributed by atoms with Crippen LogP contribution in [0.4, 0.5) is 0 Å². The minimum atomic E-state index is 0.113. The molecule has 1 heterocycles. The van der Waals surface area contributed by atoms with Crippen molar-refractivity contribution in [1.82, 2.24) is 20.5 Å². The summed E-state index contributed by atoms with van der Waals surface area (Å²) in [6, 6.07) is 0. The SMILES string of the molecule is CC1(C)C(C(=O)NCCCc2ncn[nH]2)C1(C)C. The number of hydrogen-bond acceptors (Lipinski definition) is 3. The molecule has 18 heavy (non-hydrogen) atoms. The summed E-state index contributed by atoms with van der Waals surface area (Å²) < 4.78 is 0. The molecule has 0 radical (unpaired) electrons. The van der Waals surface area contributed by atoms with Gasteiger partial charge in [0.1, 0.15) is 12.2 Å². The highest BCUT2D eigenvalue weighted by Gasteiger charge is 2.68. The highest BCUT2D eigenvalue weighted by Crippen LogP contribution is 2.68. The molecule has 0 aromatic carbocycles. The van der Waals surface area contributed by atoms with Crippen LogP contribution in [0.2, 0.25) is 0 Å². The Hall–Kier alpha value is -1.39. The molecular weight excluding hydrogens is 228 g/mol. The van der Waals surface area contributed by atoms with Crippen molar-refractivity contribution in [3.8, 4) is 0 Å². The quantitative estimate of drug-likeness (QED) is 0.779. The Kier molecular flexibility index (Phi) is 3.17. The maximum Gasteiger partial charge on any atom is 0.224 e. The van der Waals surface area contributed by atoms with Gasteiger partial charge in [0.05, 0.1) is 0 Å². The van der Waals surface area contributed by atoms with Crippen molar-refractivity contribution in [2.24, 2.45) is 16.7 Å². The molecule has 1 aliphatic rings. The molecule has 0 aliphatic heterocycles. The minimum absolute atomic E-state index is 0.113. The number of hydrogen-bond donors (Lipinski definition) is 2. The standard InChI is InChI=1S/C13H22N4O/c1-12(2)10(13(12,3)4)11(18)14-7-5-6-9-15-8-16-17-9/h8,10H,5-7H2,1-4H3,(H,14,18)(H,15,16,17). The number of nitrogens with zero attached hydrogens (tertiary/aromatic N) is 2. The fraction of sp³-hybridized carbons (Fsp3) is 0.769. The summed E-state index contributed by atoms with van der Waals surface area (Å²) in [5.41, 5.74) is 0.226. The first kappa shape index (κ1) is 13.1. The second-order valence-electron chi connectivity index (χ2n) is 6.20. The molecule has 1 aromatic heterocycles. The van der Waals surface area contributed by atoms with Gasteiger partial charge >= 0.3 is 0 Å². The summed E-state index contributed by atoms with van der Waals surface area (Å²) in [4.78, 5) is 16.1. The molecule has 0 unspecified atom stereocenters. The lowest BCUT2D eigenvalue weighted by Gasteiger charge is -2.05. The molecule has 100 valence electrons. The molecule has 1 saturated carbocycles. The zero-order chi connectivity index (χ0) is 13.4. The van der Waals surface area contributed by atoms with Crippen LogP contribution in [-0.2, 0) is 11.2 Å². The Morgan fingerprint density at radius 1 is 1.39 bits per heavy atom. The number of aromatic amines is 1. The Bertz CT molecular complexity index is 408. The van der Waals surface area contributed by atoms with Gasteiger partial charge in [0.15, 0.2) is 0 Å².